The van der Waals surface area contributed by atoms with Gasteiger partial charge in [-0.15, -0.1) is 0 Å². The number of rotatable bonds is 8. The zero-order chi connectivity index (χ0) is 15.0. The fourth-order valence-corrected chi connectivity index (χ4v) is 2.64. The van der Waals surface area contributed by atoms with Crippen molar-refractivity contribution >= 4 is 5.91 Å². The van der Waals surface area contributed by atoms with E-state index in [-0.39, 0.29) is 11.9 Å². The maximum absolute atomic E-state index is 11.8. The molecular formula is C16H33N3O. The number of carbonyl (C=O) groups is 1. The smallest absolute Gasteiger partial charge is 0.236 e. The van der Waals surface area contributed by atoms with Crippen LogP contribution in [0.2, 0.25) is 0 Å². The minimum absolute atomic E-state index is 0.0903. The lowest BCUT2D eigenvalue weighted by atomic mass is 10.0. The molecule has 0 saturated carbocycles. The number of amides is 1. The van der Waals surface area contributed by atoms with Gasteiger partial charge in [0.1, 0.15) is 0 Å². The Morgan fingerprint density at radius 2 is 2.05 bits per heavy atom. The third-order valence-electron chi connectivity index (χ3n) is 4.09. The third kappa shape index (κ3) is 6.71. The van der Waals surface area contributed by atoms with Gasteiger partial charge in [-0.25, -0.2) is 0 Å². The summed E-state index contributed by atoms with van der Waals surface area (Å²) in [5.74, 6) is 0.622. The summed E-state index contributed by atoms with van der Waals surface area (Å²) in [5.41, 5.74) is 0. The minimum atomic E-state index is -0.0903. The maximum atomic E-state index is 11.8. The van der Waals surface area contributed by atoms with Gasteiger partial charge in [-0.05, 0) is 58.7 Å². The van der Waals surface area contributed by atoms with Crippen molar-refractivity contribution in [3.05, 3.63) is 0 Å². The Labute approximate surface area is 124 Å². The summed E-state index contributed by atoms with van der Waals surface area (Å²) < 4.78 is 0. The van der Waals surface area contributed by atoms with Crippen LogP contribution < -0.4 is 10.6 Å². The van der Waals surface area contributed by atoms with E-state index in [9.17, 15) is 4.79 Å². The van der Waals surface area contributed by atoms with Crippen LogP contribution in [-0.2, 0) is 4.79 Å². The van der Waals surface area contributed by atoms with Gasteiger partial charge in [-0.2, -0.15) is 0 Å². The highest BCUT2D eigenvalue weighted by molar-refractivity contribution is 5.81. The zero-order valence-corrected chi connectivity index (χ0v) is 13.7. The summed E-state index contributed by atoms with van der Waals surface area (Å²) >= 11 is 0. The van der Waals surface area contributed by atoms with Crippen molar-refractivity contribution in [2.45, 2.75) is 65.5 Å². The van der Waals surface area contributed by atoms with Gasteiger partial charge >= 0.3 is 0 Å². The molecule has 4 heteroatoms. The lowest BCUT2D eigenvalue weighted by Crippen LogP contribution is -2.44. The summed E-state index contributed by atoms with van der Waals surface area (Å²) in [6.07, 6.45) is 5.17. The SMILES string of the molecule is CC(C)CNC(=O)C(C)NCCCN1CCCCC1C. The third-order valence-corrected chi connectivity index (χ3v) is 4.09. The largest absolute Gasteiger partial charge is 0.354 e. The molecule has 1 aliphatic rings. The highest BCUT2D eigenvalue weighted by Crippen LogP contribution is 2.15. The molecule has 2 N–H and O–H groups in total. The molecule has 4 nitrogen and oxygen atoms in total. The van der Waals surface area contributed by atoms with Crippen molar-refractivity contribution in [2.24, 2.45) is 5.92 Å². The molecule has 1 rings (SSSR count). The zero-order valence-electron chi connectivity index (χ0n) is 13.7. The first-order valence-corrected chi connectivity index (χ1v) is 8.26. The molecule has 0 aromatic carbocycles. The molecule has 0 aliphatic carbocycles. The predicted octanol–water partition coefficient (Wildman–Crippen LogP) is 2.00. The number of nitrogens with zero attached hydrogens (tertiary/aromatic N) is 1. The summed E-state index contributed by atoms with van der Waals surface area (Å²) in [6, 6.07) is 0.642. The summed E-state index contributed by atoms with van der Waals surface area (Å²) in [5, 5.41) is 6.29. The highest BCUT2D eigenvalue weighted by atomic mass is 16.2. The van der Waals surface area contributed by atoms with Gasteiger partial charge in [0.2, 0.25) is 5.91 Å². The monoisotopic (exact) mass is 283 g/mol. The van der Waals surface area contributed by atoms with Crippen molar-refractivity contribution in [3.63, 3.8) is 0 Å². The number of likely N-dealkylation sites (tertiary alicyclic amines) is 1. The van der Waals surface area contributed by atoms with Crippen molar-refractivity contribution in [1.82, 2.24) is 15.5 Å². The van der Waals surface area contributed by atoms with Crippen molar-refractivity contribution in [1.29, 1.82) is 0 Å². The van der Waals surface area contributed by atoms with E-state index < -0.39 is 0 Å². The van der Waals surface area contributed by atoms with Crippen molar-refractivity contribution in [3.8, 4) is 0 Å². The average molecular weight is 283 g/mol. The second kappa shape index (κ2) is 9.35. The number of nitrogens with one attached hydrogen (secondary N) is 2. The van der Waals surface area contributed by atoms with Gasteiger partial charge in [0.25, 0.3) is 0 Å². The second-order valence-electron chi connectivity index (χ2n) is 6.55. The van der Waals surface area contributed by atoms with Crippen molar-refractivity contribution in [2.75, 3.05) is 26.2 Å². The van der Waals surface area contributed by atoms with E-state index in [0.29, 0.717) is 5.92 Å². The van der Waals surface area contributed by atoms with Crippen LogP contribution in [-0.4, -0.2) is 49.1 Å². The molecule has 1 aliphatic heterocycles. The van der Waals surface area contributed by atoms with Crippen LogP contribution in [0.15, 0.2) is 0 Å². The summed E-state index contributed by atoms with van der Waals surface area (Å²) in [4.78, 5) is 14.4. The molecule has 0 radical (unpaired) electrons. The Morgan fingerprint density at radius 1 is 1.30 bits per heavy atom. The Balaban J connectivity index is 2.09. The molecule has 2 atom stereocenters. The first-order chi connectivity index (χ1) is 9.50. The Bertz CT molecular complexity index is 281. The Morgan fingerprint density at radius 3 is 2.70 bits per heavy atom. The fourth-order valence-electron chi connectivity index (χ4n) is 2.64. The fraction of sp³-hybridized carbons (Fsp3) is 0.938. The lowest BCUT2D eigenvalue weighted by molar-refractivity contribution is -0.122. The number of carbonyl (C=O) groups excluding carboxylic acids is 1. The molecule has 1 heterocycles. The average Bonchev–Trinajstić information content (AvgIpc) is 2.42. The predicted molar refractivity (Wildman–Crippen MR) is 84.8 cm³/mol. The Hall–Kier alpha value is -0.610. The van der Waals surface area contributed by atoms with Crippen LogP contribution in [0.5, 0.6) is 0 Å². The van der Waals surface area contributed by atoms with E-state index in [2.05, 4.69) is 36.3 Å². The molecule has 0 bridgehead atoms. The first-order valence-electron chi connectivity index (χ1n) is 8.26. The van der Waals surface area contributed by atoms with E-state index in [0.717, 1.165) is 32.1 Å². The lowest BCUT2D eigenvalue weighted by Gasteiger charge is -2.33. The topological polar surface area (TPSA) is 44.4 Å². The Kier molecular flexibility index (Phi) is 8.15. The van der Waals surface area contributed by atoms with Gasteiger partial charge in [-0.1, -0.05) is 20.3 Å². The molecule has 2 unspecified atom stereocenters. The van der Waals surface area contributed by atoms with Crippen molar-refractivity contribution < 1.29 is 4.79 Å². The standard InChI is InChI=1S/C16H33N3O/c1-13(2)12-18-16(20)15(4)17-9-7-11-19-10-6-5-8-14(19)3/h13-15,17H,5-12H2,1-4H3,(H,18,20). The summed E-state index contributed by atoms with van der Waals surface area (Å²) in [6.45, 7) is 12.6. The van der Waals surface area contributed by atoms with Crippen LogP contribution in [0, 0.1) is 5.92 Å². The molecular weight excluding hydrogens is 250 g/mol. The van der Waals surface area contributed by atoms with E-state index in [1.165, 1.54) is 25.8 Å². The van der Waals surface area contributed by atoms with E-state index in [4.69, 9.17) is 0 Å². The number of hydrogen-bond donors (Lipinski definition) is 2. The molecule has 1 amide bonds. The van der Waals surface area contributed by atoms with Gasteiger partial charge in [0, 0.05) is 12.6 Å². The van der Waals surface area contributed by atoms with Gasteiger partial charge in [0.05, 0.1) is 6.04 Å². The molecule has 118 valence electrons. The number of piperidine rings is 1. The van der Waals surface area contributed by atoms with Crippen LogP contribution in [0.1, 0.15) is 53.4 Å². The molecule has 1 saturated heterocycles. The summed E-state index contributed by atoms with van der Waals surface area (Å²) in [7, 11) is 0. The van der Waals surface area contributed by atoms with Crippen LogP contribution in [0.3, 0.4) is 0 Å². The maximum Gasteiger partial charge on any atom is 0.236 e. The first kappa shape index (κ1) is 17.4. The molecule has 20 heavy (non-hydrogen) atoms. The quantitative estimate of drug-likeness (QED) is 0.670. The number of hydrogen-bond acceptors (Lipinski definition) is 3. The van der Waals surface area contributed by atoms with E-state index in [1.807, 2.05) is 6.92 Å². The van der Waals surface area contributed by atoms with Crippen LogP contribution in [0.4, 0.5) is 0 Å². The van der Waals surface area contributed by atoms with Gasteiger partial charge in [0.15, 0.2) is 0 Å². The van der Waals surface area contributed by atoms with Crippen LogP contribution in [0.25, 0.3) is 0 Å². The van der Waals surface area contributed by atoms with Gasteiger partial charge < -0.3 is 15.5 Å². The highest BCUT2D eigenvalue weighted by Gasteiger charge is 2.17. The molecule has 0 aromatic rings. The molecule has 0 aromatic heterocycles. The normalized spacial score (nSPS) is 21.9. The molecule has 0 spiro atoms. The van der Waals surface area contributed by atoms with E-state index >= 15 is 0 Å². The van der Waals surface area contributed by atoms with E-state index in [1.54, 1.807) is 0 Å². The molecule has 1 fully saturated rings. The second-order valence-corrected chi connectivity index (χ2v) is 6.55. The van der Waals surface area contributed by atoms with Gasteiger partial charge in [-0.3, -0.25) is 4.79 Å². The van der Waals surface area contributed by atoms with Crippen LogP contribution >= 0.6 is 0 Å². The minimum Gasteiger partial charge on any atom is -0.354 e.